The Morgan fingerprint density at radius 1 is 0.969 bits per heavy atom. The lowest BCUT2D eigenvalue weighted by atomic mass is 10.0. The molecule has 6 nitrogen and oxygen atoms in total. The van der Waals surface area contributed by atoms with Gasteiger partial charge in [0.2, 0.25) is 0 Å². The van der Waals surface area contributed by atoms with E-state index in [2.05, 4.69) is 6.07 Å². The van der Waals surface area contributed by atoms with E-state index < -0.39 is 11.6 Å². The number of para-hydroxylation sites is 2. The monoisotopic (exact) mass is 423 g/mol. The maximum atomic E-state index is 12.5. The van der Waals surface area contributed by atoms with Gasteiger partial charge in [0.1, 0.15) is 22.6 Å². The predicted octanol–water partition coefficient (Wildman–Crippen LogP) is 5.08. The zero-order valence-corrected chi connectivity index (χ0v) is 17.1. The van der Waals surface area contributed by atoms with Crippen LogP contribution >= 0.6 is 0 Å². The lowest BCUT2D eigenvalue weighted by molar-refractivity contribution is 0.0730. The molecule has 0 atom stereocenters. The number of nitriles is 1. The van der Waals surface area contributed by atoms with E-state index in [-0.39, 0.29) is 11.3 Å². The number of carbonyl (C=O) groups excluding carboxylic acids is 1. The molecule has 0 saturated heterocycles. The van der Waals surface area contributed by atoms with Crippen molar-refractivity contribution < 1.29 is 18.7 Å². The minimum atomic E-state index is -0.806. The Morgan fingerprint density at radius 3 is 2.44 bits per heavy atom. The highest BCUT2D eigenvalue weighted by atomic mass is 16.5. The number of fused-ring (bicyclic) bond motifs is 1. The molecule has 1 heterocycles. The lowest BCUT2D eigenvalue weighted by Crippen LogP contribution is -2.18. The second kappa shape index (κ2) is 9.02. The first kappa shape index (κ1) is 20.6. The van der Waals surface area contributed by atoms with Gasteiger partial charge in [-0.25, -0.2) is 9.59 Å². The fraction of sp³-hybridized carbons (Fsp3) is 0.0385. The van der Waals surface area contributed by atoms with Crippen molar-refractivity contribution >= 4 is 28.6 Å². The van der Waals surface area contributed by atoms with Gasteiger partial charge in [0, 0.05) is 10.9 Å². The van der Waals surface area contributed by atoms with Gasteiger partial charge in [-0.05, 0) is 48.0 Å². The molecule has 0 bridgehead atoms. The Bertz CT molecular complexity index is 1430. The Kier molecular flexibility index (Phi) is 5.82. The van der Waals surface area contributed by atoms with E-state index in [1.807, 2.05) is 12.1 Å². The average molecular weight is 423 g/mol. The van der Waals surface area contributed by atoms with E-state index in [1.54, 1.807) is 73.8 Å². The summed E-state index contributed by atoms with van der Waals surface area (Å²) in [6.45, 7) is 0. The van der Waals surface area contributed by atoms with Crippen LogP contribution in [0.4, 0.5) is 0 Å². The third kappa shape index (κ3) is 4.27. The molecule has 1 aromatic heterocycles. The molecule has 0 spiro atoms. The zero-order valence-electron chi connectivity index (χ0n) is 17.1. The standard InChI is InChI=1S/C26H17NO5/c1-30-24-9-5-3-7-21(24)19(16-27)14-17-10-12-20(13-11-17)31-25(28)22-15-18-6-2-4-8-23(18)32-26(22)29/h2-15H,1H3/b19-14-. The van der Waals surface area contributed by atoms with E-state index in [4.69, 9.17) is 13.9 Å². The second-order valence-corrected chi connectivity index (χ2v) is 6.81. The van der Waals surface area contributed by atoms with Crippen LogP contribution in [0, 0.1) is 11.3 Å². The van der Waals surface area contributed by atoms with E-state index in [9.17, 15) is 14.9 Å². The minimum absolute atomic E-state index is 0.185. The van der Waals surface area contributed by atoms with Gasteiger partial charge < -0.3 is 13.9 Å². The summed E-state index contributed by atoms with van der Waals surface area (Å²) in [5.74, 6) is 0.0510. The summed E-state index contributed by atoms with van der Waals surface area (Å²) in [4.78, 5) is 24.6. The molecule has 0 aliphatic heterocycles. The van der Waals surface area contributed by atoms with Gasteiger partial charge in [-0.15, -0.1) is 0 Å². The maximum absolute atomic E-state index is 12.5. The lowest BCUT2D eigenvalue weighted by Gasteiger charge is -2.07. The zero-order chi connectivity index (χ0) is 22.5. The molecule has 156 valence electrons. The van der Waals surface area contributed by atoms with Crippen LogP contribution in [0.1, 0.15) is 21.5 Å². The van der Waals surface area contributed by atoms with Crippen molar-refractivity contribution in [3.05, 3.63) is 106 Å². The second-order valence-electron chi connectivity index (χ2n) is 6.81. The van der Waals surface area contributed by atoms with E-state index >= 15 is 0 Å². The molecule has 4 rings (SSSR count). The van der Waals surface area contributed by atoms with Crippen LogP contribution < -0.4 is 15.1 Å². The number of carbonyl (C=O) groups is 1. The number of methoxy groups -OCH3 is 1. The van der Waals surface area contributed by atoms with Crippen LogP contribution in [0.15, 0.2) is 88.1 Å². The molecule has 0 aliphatic carbocycles. The highest BCUT2D eigenvalue weighted by Crippen LogP contribution is 2.27. The summed E-state index contributed by atoms with van der Waals surface area (Å²) < 4.78 is 15.8. The van der Waals surface area contributed by atoms with Crippen molar-refractivity contribution in [3.63, 3.8) is 0 Å². The third-order valence-corrected chi connectivity index (χ3v) is 4.78. The summed E-state index contributed by atoms with van der Waals surface area (Å²) in [6.07, 6.45) is 1.71. The minimum Gasteiger partial charge on any atom is -0.496 e. The Hall–Kier alpha value is -4.63. The molecule has 0 radical (unpaired) electrons. The first-order chi connectivity index (χ1) is 15.6. The van der Waals surface area contributed by atoms with E-state index in [0.29, 0.717) is 27.9 Å². The van der Waals surface area contributed by atoms with Crippen LogP contribution in [0.5, 0.6) is 11.5 Å². The van der Waals surface area contributed by atoms with Crippen molar-refractivity contribution in [2.24, 2.45) is 0 Å². The Morgan fingerprint density at radius 2 is 1.69 bits per heavy atom. The van der Waals surface area contributed by atoms with E-state index in [0.717, 1.165) is 5.56 Å². The average Bonchev–Trinajstić information content (AvgIpc) is 2.83. The van der Waals surface area contributed by atoms with Crippen LogP contribution in [-0.2, 0) is 0 Å². The highest BCUT2D eigenvalue weighted by molar-refractivity contribution is 5.94. The van der Waals surface area contributed by atoms with Gasteiger partial charge >= 0.3 is 11.6 Å². The molecular weight excluding hydrogens is 406 g/mol. The summed E-state index contributed by atoms with van der Waals surface area (Å²) >= 11 is 0. The number of hydrogen-bond acceptors (Lipinski definition) is 6. The first-order valence-corrected chi connectivity index (χ1v) is 9.69. The molecular formula is C26H17NO5. The van der Waals surface area contributed by atoms with Gasteiger partial charge in [-0.1, -0.05) is 42.5 Å². The SMILES string of the molecule is COc1ccccc1/C(C#N)=C\c1ccc(OC(=O)c2cc3ccccc3oc2=O)cc1. The molecule has 0 amide bonds. The first-order valence-electron chi connectivity index (χ1n) is 9.69. The van der Waals surface area contributed by atoms with Crippen molar-refractivity contribution in [1.29, 1.82) is 5.26 Å². The fourth-order valence-corrected chi connectivity index (χ4v) is 3.20. The number of ether oxygens (including phenoxy) is 2. The number of nitrogens with zero attached hydrogens (tertiary/aromatic N) is 1. The molecule has 6 heteroatoms. The highest BCUT2D eigenvalue weighted by Gasteiger charge is 2.16. The molecule has 0 N–H and O–H groups in total. The van der Waals surface area contributed by atoms with Crippen molar-refractivity contribution in [3.8, 4) is 17.6 Å². The van der Waals surface area contributed by atoms with Crippen molar-refractivity contribution in [1.82, 2.24) is 0 Å². The van der Waals surface area contributed by atoms with Crippen molar-refractivity contribution in [2.75, 3.05) is 7.11 Å². The summed E-state index contributed by atoms with van der Waals surface area (Å²) in [6, 6.07) is 24.4. The molecule has 32 heavy (non-hydrogen) atoms. The summed E-state index contributed by atoms with van der Waals surface area (Å²) in [5, 5.41) is 10.2. The smallest absolute Gasteiger partial charge is 0.351 e. The van der Waals surface area contributed by atoms with Gasteiger partial charge in [0.15, 0.2) is 0 Å². The van der Waals surface area contributed by atoms with E-state index in [1.165, 1.54) is 6.07 Å². The number of allylic oxidation sites excluding steroid dienone is 1. The van der Waals surface area contributed by atoms with Gasteiger partial charge in [-0.2, -0.15) is 5.26 Å². The topological polar surface area (TPSA) is 89.5 Å². The van der Waals surface area contributed by atoms with Crippen LogP contribution in [0.2, 0.25) is 0 Å². The molecule has 0 aliphatic rings. The number of benzene rings is 3. The molecule has 0 fully saturated rings. The largest absolute Gasteiger partial charge is 0.496 e. The predicted molar refractivity (Wildman–Crippen MR) is 120 cm³/mol. The quantitative estimate of drug-likeness (QED) is 0.146. The molecule has 0 saturated carbocycles. The van der Waals surface area contributed by atoms with Gasteiger partial charge in [0.05, 0.1) is 18.8 Å². The molecule has 4 aromatic rings. The van der Waals surface area contributed by atoms with Gasteiger partial charge in [-0.3, -0.25) is 0 Å². The van der Waals surface area contributed by atoms with Crippen molar-refractivity contribution in [2.45, 2.75) is 0 Å². The number of hydrogen-bond donors (Lipinski definition) is 0. The Balaban J connectivity index is 1.56. The number of rotatable bonds is 5. The third-order valence-electron chi connectivity index (χ3n) is 4.78. The maximum Gasteiger partial charge on any atom is 0.351 e. The molecule has 3 aromatic carbocycles. The normalized spacial score (nSPS) is 11.1. The number of esters is 1. The van der Waals surface area contributed by atoms with Crippen LogP contribution in [0.3, 0.4) is 0 Å². The Labute approximate surface area is 183 Å². The van der Waals surface area contributed by atoms with Crippen LogP contribution in [0.25, 0.3) is 22.6 Å². The van der Waals surface area contributed by atoms with Crippen LogP contribution in [-0.4, -0.2) is 13.1 Å². The fourth-order valence-electron chi connectivity index (χ4n) is 3.20. The summed E-state index contributed by atoms with van der Waals surface area (Å²) in [5.41, 5.74) is 1.29. The van der Waals surface area contributed by atoms with Gasteiger partial charge in [0.25, 0.3) is 0 Å². The molecule has 0 unspecified atom stereocenters. The summed E-state index contributed by atoms with van der Waals surface area (Å²) in [7, 11) is 1.55.